The molecule has 2 aromatic rings. The highest BCUT2D eigenvalue weighted by Gasteiger charge is 2.34. The van der Waals surface area contributed by atoms with Crippen LogP contribution in [0.3, 0.4) is 0 Å². The van der Waals surface area contributed by atoms with Crippen LogP contribution in [0, 0.1) is 5.92 Å². The number of nitrogens with zero attached hydrogens (tertiary/aromatic N) is 1. The smallest absolute Gasteiger partial charge is 0.220 e. The number of fused-ring (bicyclic) bond motifs is 1. The molecule has 0 bridgehead atoms. The number of amides is 1. The van der Waals surface area contributed by atoms with Crippen LogP contribution in [0.25, 0.3) is 10.8 Å². The van der Waals surface area contributed by atoms with E-state index < -0.39 is 0 Å². The lowest BCUT2D eigenvalue weighted by Gasteiger charge is -2.22. The van der Waals surface area contributed by atoms with E-state index in [0.29, 0.717) is 12.3 Å². The van der Waals surface area contributed by atoms with Crippen LogP contribution in [0.1, 0.15) is 38.2 Å². The Morgan fingerprint density at radius 3 is 2.90 bits per heavy atom. The molecular formula is C17H20N2O. The molecule has 1 fully saturated rings. The van der Waals surface area contributed by atoms with Crippen LogP contribution in [0.5, 0.6) is 0 Å². The quantitative estimate of drug-likeness (QED) is 0.928. The third-order valence-electron chi connectivity index (χ3n) is 4.06. The summed E-state index contributed by atoms with van der Waals surface area (Å²) in [5, 5.41) is 5.50. The second kappa shape index (κ2) is 5.23. The van der Waals surface area contributed by atoms with Crippen LogP contribution in [0.15, 0.2) is 36.7 Å². The van der Waals surface area contributed by atoms with Crippen molar-refractivity contribution in [2.24, 2.45) is 5.92 Å². The largest absolute Gasteiger partial charge is 0.353 e. The molecule has 2 unspecified atom stereocenters. The first kappa shape index (κ1) is 13.1. The summed E-state index contributed by atoms with van der Waals surface area (Å²) in [7, 11) is 0. The highest BCUT2D eigenvalue weighted by atomic mass is 16.2. The molecule has 1 aliphatic rings. The van der Waals surface area contributed by atoms with E-state index in [2.05, 4.69) is 36.3 Å². The Kier molecular flexibility index (Phi) is 3.43. The van der Waals surface area contributed by atoms with Gasteiger partial charge in [0.05, 0.1) is 0 Å². The second-order valence-corrected chi connectivity index (χ2v) is 6.06. The molecule has 1 amide bonds. The van der Waals surface area contributed by atoms with Gasteiger partial charge in [-0.3, -0.25) is 9.78 Å². The van der Waals surface area contributed by atoms with Gasteiger partial charge in [0.25, 0.3) is 0 Å². The number of rotatable bonds is 3. The Labute approximate surface area is 119 Å². The summed E-state index contributed by atoms with van der Waals surface area (Å²) in [6.07, 6.45) is 5.41. The van der Waals surface area contributed by atoms with Crippen molar-refractivity contribution >= 4 is 16.7 Å². The van der Waals surface area contributed by atoms with Gasteiger partial charge in [-0.05, 0) is 23.3 Å². The highest BCUT2D eigenvalue weighted by molar-refractivity contribution is 5.87. The summed E-state index contributed by atoms with van der Waals surface area (Å²) in [6, 6.07) is 8.51. The summed E-state index contributed by atoms with van der Waals surface area (Å²) in [5.41, 5.74) is 1.20. The van der Waals surface area contributed by atoms with Crippen molar-refractivity contribution in [3.8, 4) is 0 Å². The molecular weight excluding hydrogens is 248 g/mol. The zero-order valence-corrected chi connectivity index (χ0v) is 12.0. The van der Waals surface area contributed by atoms with Crippen molar-refractivity contribution < 1.29 is 4.79 Å². The molecule has 1 aromatic heterocycles. The third-order valence-corrected chi connectivity index (χ3v) is 4.06. The first-order valence-electron chi connectivity index (χ1n) is 7.27. The minimum Gasteiger partial charge on any atom is -0.353 e. The molecule has 3 rings (SSSR count). The van der Waals surface area contributed by atoms with Gasteiger partial charge in [-0.1, -0.05) is 38.1 Å². The van der Waals surface area contributed by atoms with Gasteiger partial charge in [0.1, 0.15) is 0 Å². The number of hydrogen-bond acceptors (Lipinski definition) is 2. The summed E-state index contributed by atoms with van der Waals surface area (Å²) < 4.78 is 0. The van der Waals surface area contributed by atoms with Gasteiger partial charge in [0.15, 0.2) is 0 Å². The number of nitrogens with one attached hydrogen (secondary N) is 1. The normalized spacial score (nSPS) is 22.4. The van der Waals surface area contributed by atoms with E-state index in [1.807, 2.05) is 24.5 Å². The number of benzene rings is 1. The van der Waals surface area contributed by atoms with Gasteiger partial charge in [0.2, 0.25) is 5.91 Å². The van der Waals surface area contributed by atoms with E-state index in [0.717, 1.165) is 11.8 Å². The maximum absolute atomic E-state index is 11.8. The topological polar surface area (TPSA) is 42.0 Å². The van der Waals surface area contributed by atoms with Gasteiger partial charge < -0.3 is 5.32 Å². The molecule has 3 nitrogen and oxygen atoms in total. The molecule has 1 aromatic carbocycles. The van der Waals surface area contributed by atoms with Crippen LogP contribution >= 0.6 is 0 Å². The van der Waals surface area contributed by atoms with Crippen LogP contribution in [0.2, 0.25) is 0 Å². The van der Waals surface area contributed by atoms with Crippen molar-refractivity contribution in [3.63, 3.8) is 0 Å². The molecule has 3 heteroatoms. The molecule has 2 atom stereocenters. The van der Waals surface area contributed by atoms with Crippen molar-refractivity contribution in [2.75, 3.05) is 0 Å². The third kappa shape index (κ3) is 2.40. The van der Waals surface area contributed by atoms with E-state index in [9.17, 15) is 4.79 Å². The fraction of sp³-hybridized carbons (Fsp3) is 0.412. The molecule has 104 valence electrons. The number of carbonyl (C=O) groups excluding carboxylic acids is 1. The second-order valence-electron chi connectivity index (χ2n) is 6.06. The number of hydrogen-bond donors (Lipinski definition) is 1. The molecule has 2 heterocycles. The minimum atomic E-state index is 0.161. The fourth-order valence-corrected chi connectivity index (χ4v) is 3.20. The highest BCUT2D eigenvalue weighted by Crippen LogP contribution is 2.35. The molecule has 0 saturated carbocycles. The van der Waals surface area contributed by atoms with Gasteiger partial charge in [-0.15, -0.1) is 0 Å². The zero-order valence-electron chi connectivity index (χ0n) is 12.0. The summed E-state index contributed by atoms with van der Waals surface area (Å²) in [5.74, 6) is 0.973. The van der Waals surface area contributed by atoms with E-state index in [1.165, 1.54) is 10.9 Å². The Morgan fingerprint density at radius 1 is 1.30 bits per heavy atom. The Bertz CT molecular complexity index is 630. The molecule has 0 aliphatic carbocycles. The predicted octanol–water partition coefficient (Wildman–Crippen LogP) is 3.25. The lowest BCUT2D eigenvalue weighted by atomic mass is 9.86. The van der Waals surface area contributed by atoms with Gasteiger partial charge in [-0.2, -0.15) is 0 Å². The molecule has 1 N–H and O–H groups in total. The summed E-state index contributed by atoms with van der Waals surface area (Å²) >= 11 is 0. The van der Waals surface area contributed by atoms with E-state index in [-0.39, 0.29) is 17.9 Å². The molecule has 1 aliphatic heterocycles. The lowest BCUT2D eigenvalue weighted by molar-refractivity contribution is -0.119. The van der Waals surface area contributed by atoms with Gasteiger partial charge in [0, 0.05) is 36.2 Å². The van der Waals surface area contributed by atoms with E-state index in [1.54, 1.807) is 0 Å². The monoisotopic (exact) mass is 268 g/mol. The maximum atomic E-state index is 11.8. The number of aromatic nitrogens is 1. The van der Waals surface area contributed by atoms with E-state index >= 15 is 0 Å². The maximum Gasteiger partial charge on any atom is 0.220 e. The number of pyridine rings is 1. The molecule has 0 spiro atoms. The summed E-state index contributed by atoms with van der Waals surface area (Å²) in [4.78, 5) is 16.2. The predicted molar refractivity (Wildman–Crippen MR) is 80.5 cm³/mol. The molecule has 20 heavy (non-hydrogen) atoms. The average molecular weight is 268 g/mol. The SMILES string of the molecule is CC(C)CC1NC(=O)CC1c1cncc2ccccc12. The van der Waals surface area contributed by atoms with Crippen LogP contribution < -0.4 is 5.32 Å². The van der Waals surface area contributed by atoms with Crippen molar-refractivity contribution in [1.82, 2.24) is 10.3 Å². The lowest BCUT2D eigenvalue weighted by Crippen LogP contribution is -2.29. The minimum absolute atomic E-state index is 0.161. The van der Waals surface area contributed by atoms with Crippen LogP contribution in [0.4, 0.5) is 0 Å². The van der Waals surface area contributed by atoms with Gasteiger partial charge >= 0.3 is 0 Å². The molecule has 0 radical (unpaired) electrons. The Morgan fingerprint density at radius 2 is 2.10 bits per heavy atom. The van der Waals surface area contributed by atoms with Crippen molar-refractivity contribution in [2.45, 2.75) is 38.6 Å². The van der Waals surface area contributed by atoms with Crippen molar-refractivity contribution in [3.05, 3.63) is 42.2 Å². The number of carbonyl (C=O) groups is 1. The fourth-order valence-electron chi connectivity index (χ4n) is 3.20. The van der Waals surface area contributed by atoms with Crippen LogP contribution in [-0.2, 0) is 4.79 Å². The van der Waals surface area contributed by atoms with Crippen LogP contribution in [-0.4, -0.2) is 16.9 Å². The zero-order chi connectivity index (χ0) is 14.1. The average Bonchev–Trinajstić information content (AvgIpc) is 2.78. The van der Waals surface area contributed by atoms with Gasteiger partial charge in [-0.25, -0.2) is 0 Å². The first-order valence-corrected chi connectivity index (χ1v) is 7.27. The Balaban J connectivity index is 2.02. The van der Waals surface area contributed by atoms with E-state index in [4.69, 9.17) is 0 Å². The standard InChI is InChI=1S/C17H20N2O/c1-11(2)7-16-14(8-17(20)19-16)15-10-18-9-12-5-3-4-6-13(12)15/h3-6,9-11,14,16H,7-8H2,1-2H3,(H,19,20). The Hall–Kier alpha value is -1.90. The summed E-state index contributed by atoms with van der Waals surface area (Å²) in [6.45, 7) is 4.39. The molecule has 1 saturated heterocycles. The van der Waals surface area contributed by atoms with Crippen molar-refractivity contribution in [1.29, 1.82) is 0 Å². The first-order chi connectivity index (χ1) is 9.65.